The molecule has 1 aromatic carbocycles. The van der Waals surface area contributed by atoms with E-state index in [9.17, 15) is 10.2 Å². The summed E-state index contributed by atoms with van der Waals surface area (Å²) in [5.74, 6) is 0.438. The Morgan fingerprint density at radius 2 is 2.00 bits per heavy atom. The highest BCUT2D eigenvalue weighted by Crippen LogP contribution is 2.31. The van der Waals surface area contributed by atoms with Crippen molar-refractivity contribution in [2.75, 3.05) is 0 Å². The number of pyridine rings is 1. The van der Waals surface area contributed by atoms with Gasteiger partial charge < -0.3 is 14.8 Å². The maximum absolute atomic E-state index is 9.60. The molecule has 0 fully saturated rings. The van der Waals surface area contributed by atoms with Gasteiger partial charge in [-0.25, -0.2) is 9.97 Å². The first-order valence-electron chi connectivity index (χ1n) is 6.04. The number of phenolic OH excluding ortho intramolecular Hbond substituents is 2. The van der Waals surface area contributed by atoms with Crippen molar-refractivity contribution in [1.29, 1.82) is 0 Å². The average molecular weight is 255 g/mol. The third kappa shape index (κ3) is 1.79. The highest BCUT2D eigenvalue weighted by atomic mass is 16.3. The summed E-state index contributed by atoms with van der Waals surface area (Å²) in [5.41, 5.74) is 2.37. The molecule has 2 heterocycles. The summed E-state index contributed by atoms with van der Waals surface area (Å²) in [6.07, 6.45) is 1.73. The molecule has 5 heteroatoms. The molecule has 19 heavy (non-hydrogen) atoms. The first-order chi connectivity index (χ1) is 9.20. The largest absolute Gasteiger partial charge is 0.504 e. The van der Waals surface area contributed by atoms with Crippen molar-refractivity contribution >= 4 is 11.2 Å². The van der Waals surface area contributed by atoms with Crippen molar-refractivity contribution in [2.45, 2.75) is 13.5 Å². The van der Waals surface area contributed by atoms with Crippen molar-refractivity contribution in [3.8, 4) is 22.9 Å². The Balaban J connectivity index is 2.26. The van der Waals surface area contributed by atoms with Crippen LogP contribution < -0.4 is 0 Å². The van der Waals surface area contributed by atoms with Gasteiger partial charge in [-0.3, -0.25) is 0 Å². The quantitative estimate of drug-likeness (QED) is 0.690. The summed E-state index contributed by atoms with van der Waals surface area (Å²) in [6, 6.07) is 8.42. The molecule has 0 unspecified atom stereocenters. The van der Waals surface area contributed by atoms with E-state index >= 15 is 0 Å². The number of aromatic hydroxyl groups is 2. The smallest absolute Gasteiger partial charge is 0.160 e. The first-order valence-corrected chi connectivity index (χ1v) is 6.04. The highest BCUT2D eigenvalue weighted by molar-refractivity contribution is 5.77. The van der Waals surface area contributed by atoms with E-state index in [0.717, 1.165) is 29.1 Å². The third-order valence-corrected chi connectivity index (χ3v) is 3.05. The van der Waals surface area contributed by atoms with E-state index < -0.39 is 0 Å². The van der Waals surface area contributed by atoms with E-state index in [1.165, 1.54) is 12.1 Å². The molecule has 0 spiro atoms. The third-order valence-electron chi connectivity index (χ3n) is 3.05. The summed E-state index contributed by atoms with van der Waals surface area (Å²) in [6.45, 7) is 2.74. The molecule has 96 valence electrons. The van der Waals surface area contributed by atoms with Crippen molar-refractivity contribution < 1.29 is 10.2 Å². The number of nitrogens with zero attached hydrogens (tertiary/aromatic N) is 3. The van der Waals surface area contributed by atoms with Gasteiger partial charge in [0.25, 0.3) is 0 Å². The fraction of sp³-hybridized carbons (Fsp3) is 0.143. The van der Waals surface area contributed by atoms with Crippen LogP contribution in [-0.2, 0) is 6.54 Å². The van der Waals surface area contributed by atoms with Crippen LogP contribution in [0.15, 0.2) is 36.5 Å². The molecular weight excluding hydrogens is 242 g/mol. The van der Waals surface area contributed by atoms with Crippen molar-refractivity contribution in [1.82, 2.24) is 14.5 Å². The van der Waals surface area contributed by atoms with Gasteiger partial charge >= 0.3 is 0 Å². The SMILES string of the molecule is CCn1c(-c2ccc(O)c(O)c2)nc2cccnc21. The fourth-order valence-corrected chi connectivity index (χ4v) is 2.14. The van der Waals surface area contributed by atoms with Gasteiger partial charge in [-0.15, -0.1) is 0 Å². The Bertz CT molecular complexity index is 750. The minimum atomic E-state index is -0.153. The zero-order valence-electron chi connectivity index (χ0n) is 10.4. The number of aryl methyl sites for hydroxylation is 1. The Hall–Kier alpha value is -2.56. The van der Waals surface area contributed by atoms with Gasteiger partial charge in [0.1, 0.15) is 11.3 Å². The molecule has 0 aliphatic heterocycles. The minimum Gasteiger partial charge on any atom is -0.504 e. The summed E-state index contributed by atoms with van der Waals surface area (Å²) in [4.78, 5) is 8.86. The maximum atomic E-state index is 9.60. The lowest BCUT2D eigenvalue weighted by molar-refractivity contribution is 0.404. The predicted octanol–water partition coefficient (Wildman–Crippen LogP) is 2.53. The maximum Gasteiger partial charge on any atom is 0.160 e. The molecule has 3 aromatic rings. The lowest BCUT2D eigenvalue weighted by Crippen LogP contribution is -1.98. The highest BCUT2D eigenvalue weighted by Gasteiger charge is 2.13. The van der Waals surface area contributed by atoms with Gasteiger partial charge in [0.15, 0.2) is 17.1 Å². The van der Waals surface area contributed by atoms with Crippen LogP contribution in [0.4, 0.5) is 0 Å². The van der Waals surface area contributed by atoms with Crippen LogP contribution in [0.1, 0.15) is 6.92 Å². The van der Waals surface area contributed by atoms with Crippen LogP contribution in [0.25, 0.3) is 22.6 Å². The number of aromatic nitrogens is 3. The molecule has 0 bridgehead atoms. The van der Waals surface area contributed by atoms with E-state index in [1.807, 2.05) is 23.6 Å². The van der Waals surface area contributed by atoms with Gasteiger partial charge in [-0.2, -0.15) is 0 Å². The summed E-state index contributed by atoms with van der Waals surface area (Å²) < 4.78 is 1.97. The average Bonchev–Trinajstić information content (AvgIpc) is 2.80. The molecule has 2 aromatic heterocycles. The van der Waals surface area contributed by atoms with Crippen molar-refractivity contribution in [3.05, 3.63) is 36.5 Å². The van der Waals surface area contributed by atoms with Gasteiger partial charge in [0.2, 0.25) is 0 Å². The van der Waals surface area contributed by atoms with E-state index in [0.29, 0.717) is 0 Å². The normalized spacial score (nSPS) is 11.0. The summed E-state index contributed by atoms with van der Waals surface area (Å²) >= 11 is 0. The standard InChI is InChI=1S/C14H13N3O2/c1-2-17-13(9-5-6-11(18)12(19)8-9)16-10-4-3-7-15-14(10)17/h3-8,18-19H,2H2,1H3. The predicted molar refractivity (Wildman–Crippen MR) is 72.0 cm³/mol. The van der Waals surface area contributed by atoms with Crippen LogP contribution in [0.5, 0.6) is 11.5 Å². The number of hydrogen-bond acceptors (Lipinski definition) is 4. The minimum absolute atomic E-state index is 0.138. The summed E-state index contributed by atoms with van der Waals surface area (Å²) in [7, 11) is 0. The van der Waals surface area contributed by atoms with E-state index in [4.69, 9.17) is 0 Å². The van der Waals surface area contributed by atoms with Crippen LogP contribution in [0.2, 0.25) is 0 Å². The van der Waals surface area contributed by atoms with Crippen molar-refractivity contribution in [3.63, 3.8) is 0 Å². The Morgan fingerprint density at radius 1 is 1.16 bits per heavy atom. The lowest BCUT2D eigenvalue weighted by Gasteiger charge is -2.06. The van der Waals surface area contributed by atoms with E-state index in [-0.39, 0.29) is 11.5 Å². The summed E-state index contributed by atoms with van der Waals surface area (Å²) in [5, 5.41) is 19.0. The number of benzene rings is 1. The molecule has 0 aliphatic carbocycles. The molecule has 3 rings (SSSR count). The Labute approximate surface area is 109 Å². The van der Waals surface area contributed by atoms with Crippen LogP contribution in [0, 0.1) is 0 Å². The fourth-order valence-electron chi connectivity index (χ4n) is 2.14. The number of phenols is 2. The zero-order valence-corrected chi connectivity index (χ0v) is 10.4. The first kappa shape index (κ1) is 11.5. The monoisotopic (exact) mass is 255 g/mol. The van der Waals surface area contributed by atoms with Crippen LogP contribution >= 0.6 is 0 Å². The molecule has 2 N–H and O–H groups in total. The van der Waals surface area contributed by atoms with Gasteiger partial charge in [0, 0.05) is 18.3 Å². The number of rotatable bonds is 2. The number of imidazole rings is 1. The molecular formula is C14H13N3O2. The van der Waals surface area contributed by atoms with E-state index in [2.05, 4.69) is 9.97 Å². The molecule has 0 amide bonds. The van der Waals surface area contributed by atoms with Gasteiger partial charge in [-0.05, 0) is 37.3 Å². The molecule has 0 radical (unpaired) electrons. The molecule has 0 aliphatic rings. The molecule has 0 saturated heterocycles. The van der Waals surface area contributed by atoms with Gasteiger partial charge in [-0.1, -0.05) is 0 Å². The van der Waals surface area contributed by atoms with Crippen LogP contribution in [0.3, 0.4) is 0 Å². The number of hydrogen-bond donors (Lipinski definition) is 2. The second-order valence-corrected chi connectivity index (χ2v) is 4.23. The molecule has 0 saturated carbocycles. The number of fused-ring (bicyclic) bond motifs is 1. The Morgan fingerprint density at radius 3 is 2.74 bits per heavy atom. The second kappa shape index (κ2) is 4.28. The molecule has 5 nitrogen and oxygen atoms in total. The zero-order chi connectivity index (χ0) is 13.4. The topological polar surface area (TPSA) is 71.2 Å². The van der Waals surface area contributed by atoms with Crippen LogP contribution in [-0.4, -0.2) is 24.7 Å². The second-order valence-electron chi connectivity index (χ2n) is 4.23. The molecule has 0 atom stereocenters. The lowest BCUT2D eigenvalue weighted by atomic mass is 10.2. The van der Waals surface area contributed by atoms with E-state index in [1.54, 1.807) is 12.3 Å². The van der Waals surface area contributed by atoms with Gasteiger partial charge in [0.05, 0.1) is 0 Å². The Kier molecular flexibility index (Phi) is 2.59. The van der Waals surface area contributed by atoms with Crippen molar-refractivity contribution in [2.24, 2.45) is 0 Å².